The Morgan fingerprint density at radius 3 is 2.56 bits per heavy atom. The van der Waals surface area contributed by atoms with Gasteiger partial charge in [0.05, 0.1) is 23.8 Å². The molecule has 0 unspecified atom stereocenters. The van der Waals surface area contributed by atoms with Crippen molar-refractivity contribution in [3.63, 3.8) is 0 Å². The van der Waals surface area contributed by atoms with Gasteiger partial charge in [0.2, 0.25) is 0 Å². The molecule has 2 aliphatic heterocycles. The lowest BCUT2D eigenvalue weighted by Crippen LogP contribution is -2.50. The molecule has 3 aromatic rings. The summed E-state index contributed by atoms with van der Waals surface area (Å²) in [6.45, 7) is 6.15. The first-order chi connectivity index (χ1) is 19.0. The quantitative estimate of drug-likeness (QED) is 0.356. The number of pyridine rings is 1. The van der Waals surface area contributed by atoms with Crippen LogP contribution in [0.4, 0.5) is 5.82 Å². The molecule has 5 rings (SSSR count). The van der Waals surface area contributed by atoms with Crippen LogP contribution >= 0.6 is 11.3 Å². The standard InChI is InChI=1S/C31H38N4O3S/c1-3-38-31(37)24-10-7-16-35(21-24)26-13-17-34(18-14-26)30(36)27-11-12-28(25-15-19-39-22-25)32-29(27)33(2)20-23-8-5-4-6-9-23/h4-6,8-9,11-12,15,19,22,24,26H,3,7,10,13-14,16-18,20-21H2,1-2H3/t24-/m1/s1. The molecule has 206 valence electrons. The minimum absolute atomic E-state index is 0.0334. The third-order valence-electron chi connectivity index (χ3n) is 7.89. The maximum atomic E-state index is 13.9. The average Bonchev–Trinajstić information content (AvgIpc) is 3.53. The largest absolute Gasteiger partial charge is 0.466 e. The fourth-order valence-corrected chi connectivity index (χ4v) is 6.45. The zero-order valence-corrected chi connectivity index (χ0v) is 23.7. The van der Waals surface area contributed by atoms with E-state index in [1.54, 1.807) is 11.3 Å². The van der Waals surface area contributed by atoms with Crippen molar-refractivity contribution in [3.8, 4) is 11.3 Å². The number of likely N-dealkylation sites (tertiary alicyclic amines) is 2. The van der Waals surface area contributed by atoms with Crippen LogP contribution in [0.1, 0.15) is 48.5 Å². The highest BCUT2D eigenvalue weighted by molar-refractivity contribution is 7.08. The molecule has 1 aromatic carbocycles. The molecule has 2 fully saturated rings. The zero-order chi connectivity index (χ0) is 27.2. The van der Waals surface area contributed by atoms with E-state index in [9.17, 15) is 9.59 Å². The van der Waals surface area contributed by atoms with E-state index >= 15 is 0 Å². The second-order valence-corrected chi connectivity index (χ2v) is 11.3. The summed E-state index contributed by atoms with van der Waals surface area (Å²) in [5.41, 5.74) is 3.76. The number of hydrogen-bond acceptors (Lipinski definition) is 7. The lowest BCUT2D eigenvalue weighted by Gasteiger charge is -2.42. The molecule has 0 saturated carbocycles. The highest BCUT2D eigenvalue weighted by atomic mass is 32.1. The maximum Gasteiger partial charge on any atom is 0.310 e. The molecule has 1 amide bonds. The van der Waals surface area contributed by atoms with Crippen LogP contribution < -0.4 is 4.90 Å². The SMILES string of the molecule is CCOC(=O)[C@@H]1CCCN(C2CCN(C(=O)c3ccc(-c4ccsc4)nc3N(C)Cc3ccccc3)CC2)C1. The Kier molecular flexibility index (Phi) is 8.94. The van der Waals surface area contributed by atoms with Crippen LogP contribution in [0.3, 0.4) is 0 Å². The Morgan fingerprint density at radius 2 is 1.85 bits per heavy atom. The number of carbonyl (C=O) groups is 2. The second kappa shape index (κ2) is 12.7. The summed E-state index contributed by atoms with van der Waals surface area (Å²) in [6.07, 6.45) is 3.75. The molecule has 0 aliphatic carbocycles. The van der Waals surface area contributed by atoms with E-state index in [0.29, 0.717) is 43.7 Å². The van der Waals surface area contributed by atoms with Crippen LogP contribution in [0.5, 0.6) is 0 Å². The number of esters is 1. The van der Waals surface area contributed by atoms with E-state index in [1.807, 2.05) is 54.6 Å². The molecule has 2 aliphatic rings. The first kappa shape index (κ1) is 27.3. The summed E-state index contributed by atoms with van der Waals surface area (Å²) < 4.78 is 5.29. The Bertz CT molecular complexity index is 1240. The van der Waals surface area contributed by atoms with Crippen LogP contribution in [0.2, 0.25) is 0 Å². The highest BCUT2D eigenvalue weighted by Gasteiger charge is 2.34. The Morgan fingerprint density at radius 1 is 1.05 bits per heavy atom. The summed E-state index contributed by atoms with van der Waals surface area (Å²) in [6, 6.07) is 16.6. The fraction of sp³-hybridized carbons (Fsp3) is 0.452. The molecule has 39 heavy (non-hydrogen) atoms. The molecule has 0 radical (unpaired) electrons. The van der Waals surface area contributed by atoms with Gasteiger partial charge in [0.15, 0.2) is 0 Å². The molecule has 7 nitrogen and oxygen atoms in total. The van der Waals surface area contributed by atoms with E-state index in [1.165, 1.54) is 5.56 Å². The molecule has 1 atom stereocenters. The first-order valence-corrected chi connectivity index (χ1v) is 15.0. The molecular formula is C31H38N4O3S. The van der Waals surface area contributed by atoms with Crippen molar-refractivity contribution >= 4 is 29.0 Å². The molecule has 2 aromatic heterocycles. The molecule has 8 heteroatoms. The minimum atomic E-state index is -0.0691. The van der Waals surface area contributed by atoms with Gasteiger partial charge < -0.3 is 14.5 Å². The van der Waals surface area contributed by atoms with Gasteiger partial charge in [-0.15, -0.1) is 0 Å². The summed E-state index contributed by atoms with van der Waals surface area (Å²) >= 11 is 1.64. The maximum absolute atomic E-state index is 13.9. The minimum Gasteiger partial charge on any atom is -0.466 e. The van der Waals surface area contributed by atoms with E-state index in [0.717, 1.165) is 50.0 Å². The van der Waals surface area contributed by atoms with Gasteiger partial charge in [-0.3, -0.25) is 14.5 Å². The van der Waals surface area contributed by atoms with Gasteiger partial charge in [0.1, 0.15) is 5.82 Å². The monoisotopic (exact) mass is 546 g/mol. The number of anilines is 1. The van der Waals surface area contributed by atoms with Crippen LogP contribution in [-0.4, -0.2) is 72.5 Å². The molecule has 0 bridgehead atoms. The van der Waals surface area contributed by atoms with Gasteiger partial charge in [-0.2, -0.15) is 11.3 Å². The summed E-state index contributed by atoms with van der Waals surface area (Å²) in [5, 5.41) is 4.13. The molecular weight excluding hydrogens is 508 g/mol. The smallest absolute Gasteiger partial charge is 0.310 e. The van der Waals surface area contributed by atoms with E-state index in [4.69, 9.17) is 9.72 Å². The first-order valence-electron chi connectivity index (χ1n) is 14.0. The number of ether oxygens (including phenoxy) is 1. The highest BCUT2D eigenvalue weighted by Crippen LogP contribution is 2.29. The summed E-state index contributed by atoms with van der Waals surface area (Å²) in [7, 11) is 2.01. The van der Waals surface area contributed by atoms with Crippen molar-refractivity contribution in [3.05, 3.63) is 70.4 Å². The molecule has 0 spiro atoms. The predicted molar refractivity (Wildman–Crippen MR) is 156 cm³/mol. The van der Waals surface area contributed by atoms with Crippen molar-refractivity contribution in [2.45, 2.75) is 45.2 Å². The number of amides is 1. The van der Waals surface area contributed by atoms with Gasteiger partial charge in [-0.1, -0.05) is 30.3 Å². The third kappa shape index (κ3) is 6.50. The van der Waals surface area contributed by atoms with E-state index < -0.39 is 0 Å². The van der Waals surface area contributed by atoms with Crippen LogP contribution in [-0.2, 0) is 16.1 Å². The Labute approximate surface area is 235 Å². The van der Waals surface area contributed by atoms with Gasteiger partial charge in [0.25, 0.3) is 5.91 Å². The fourth-order valence-electron chi connectivity index (χ4n) is 5.80. The number of thiophene rings is 1. The topological polar surface area (TPSA) is 66.0 Å². The lowest BCUT2D eigenvalue weighted by molar-refractivity contribution is -0.150. The third-order valence-corrected chi connectivity index (χ3v) is 8.57. The number of rotatable bonds is 8. The lowest BCUT2D eigenvalue weighted by atomic mass is 9.93. The molecule has 0 N–H and O–H groups in total. The van der Waals surface area contributed by atoms with Crippen molar-refractivity contribution in [1.29, 1.82) is 0 Å². The molecule has 2 saturated heterocycles. The van der Waals surface area contributed by atoms with Crippen molar-refractivity contribution in [1.82, 2.24) is 14.8 Å². The number of nitrogens with zero attached hydrogens (tertiary/aromatic N) is 4. The van der Waals surface area contributed by atoms with Gasteiger partial charge >= 0.3 is 5.97 Å². The van der Waals surface area contributed by atoms with Gasteiger partial charge in [-0.05, 0) is 68.3 Å². The second-order valence-electron chi connectivity index (χ2n) is 10.5. The summed E-state index contributed by atoms with van der Waals surface area (Å²) in [5.74, 6) is 0.646. The normalized spacial score (nSPS) is 18.6. The van der Waals surface area contributed by atoms with Crippen molar-refractivity contribution < 1.29 is 14.3 Å². The Balaban J connectivity index is 1.29. The number of benzene rings is 1. The van der Waals surface area contributed by atoms with Crippen LogP contribution in [0.25, 0.3) is 11.3 Å². The van der Waals surface area contributed by atoms with Crippen molar-refractivity contribution in [2.75, 3.05) is 44.7 Å². The predicted octanol–water partition coefficient (Wildman–Crippen LogP) is 5.33. The number of aromatic nitrogens is 1. The number of piperidine rings is 2. The van der Waals surface area contributed by atoms with E-state index in [2.05, 4.69) is 33.4 Å². The average molecular weight is 547 g/mol. The Hall–Kier alpha value is -3.23. The number of carbonyl (C=O) groups excluding carboxylic acids is 2. The number of hydrogen-bond donors (Lipinski definition) is 0. The molecule has 4 heterocycles. The van der Waals surface area contributed by atoms with Crippen molar-refractivity contribution in [2.24, 2.45) is 5.92 Å². The van der Waals surface area contributed by atoms with Gasteiger partial charge in [0, 0.05) is 50.2 Å². The van der Waals surface area contributed by atoms with E-state index in [-0.39, 0.29) is 17.8 Å². The zero-order valence-electron chi connectivity index (χ0n) is 22.9. The van der Waals surface area contributed by atoms with Crippen LogP contribution in [0.15, 0.2) is 59.3 Å². The summed E-state index contributed by atoms with van der Waals surface area (Å²) in [4.78, 5) is 37.7. The van der Waals surface area contributed by atoms with Gasteiger partial charge in [-0.25, -0.2) is 4.98 Å². The van der Waals surface area contributed by atoms with Crippen LogP contribution in [0, 0.1) is 5.92 Å².